The normalized spacial score (nSPS) is 12.7. The van der Waals surface area contributed by atoms with Crippen LogP contribution in [-0.2, 0) is 24.3 Å². The van der Waals surface area contributed by atoms with Gasteiger partial charge in [0.1, 0.15) is 5.60 Å². The Balaban J connectivity index is 2.69. The van der Waals surface area contributed by atoms with Gasteiger partial charge in [-0.1, -0.05) is 48.0 Å². The molecule has 2 rings (SSSR count). The molecule has 0 unspecified atom stereocenters. The van der Waals surface area contributed by atoms with E-state index < -0.39 is 33.7 Å². The molecule has 1 amide bonds. The van der Waals surface area contributed by atoms with Crippen molar-refractivity contribution in [1.82, 2.24) is 4.31 Å². The first-order chi connectivity index (χ1) is 13.5. The first kappa shape index (κ1) is 22.4. The Morgan fingerprint density at radius 2 is 1.52 bits per heavy atom. The van der Waals surface area contributed by atoms with Gasteiger partial charge in [0, 0.05) is 0 Å². The van der Waals surface area contributed by atoms with Crippen LogP contribution in [0.4, 0.5) is 4.79 Å². The smallest absolute Gasteiger partial charge is 0.425 e. The zero-order valence-corrected chi connectivity index (χ0v) is 17.9. The van der Waals surface area contributed by atoms with Gasteiger partial charge in [0.25, 0.3) is 10.0 Å². The minimum atomic E-state index is -4.43. The number of sulfonamides is 1. The van der Waals surface area contributed by atoms with Crippen LogP contribution in [0.5, 0.6) is 0 Å². The molecule has 0 aliphatic heterocycles. The zero-order chi connectivity index (χ0) is 21.8. The van der Waals surface area contributed by atoms with E-state index in [0.29, 0.717) is 4.31 Å². The SMILES string of the molecule is COC(=O)[C@H](c1ccccc1)N(C(=O)OC(C)(C)C)S(=O)(=O)c1ccc(C)cc1. The number of methoxy groups -OCH3 is 1. The van der Waals surface area contributed by atoms with Gasteiger partial charge in [0.15, 0.2) is 6.04 Å². The third-order valence-electron chi connectivity index (χ3n) is 3.93. The Hall–Kier alpha value is -2.87. The van der Waals surface area contributed by atoms with Crippen molar-refractivity contribution in [2.45, 2.75) is 44.2 Å². The van der Waals surface area contributed by atoms with Crippen LogP contribution in [0.15, 0.2) is 59.5 Å². The van der Waals surface area contributed by atoms with E-state index >= 15 is 0 Å². The second kappa shape index (κ2) is 8.65. The molecule has 0 heterocycles. The van der Waals surface area contributed by atoms with Crippen molar-refractivity contribution in [3.63, 3.8) is 0 Å². The first-order valence-corrected chi connectivity index (χ1v) is 10.4. The molecule has 0 saturated heterocycles. The van der Waals surface area contributed by atoms with E-state index in [1.807, 2.05) is 6.92 Å². The summed E-state index contributed by atoms with van der Waals surface area (Å²) in [5.74, 6) is -0.905. The summed E-state index contributed by atoms with van der Waals surface area (Å²) in [6.07, 6.45) is -1.17. The lowest BCUT2D eigenvalue weighted by Crippen LogP contribution is -2.46. The highest BCUT2D eigenvalue weighted by molar-refractivity contribution is 7.89. The van der Waals surface area contributed by atoms with Crippen LogP contribution in [0.3, 0.4) is 0 Å². The molecule has 156 valence electrons. The molecule has 0 N–H and O–H groups in total. The van der Waals surface area contributed by atoms with Gasteiger partial charge in [0.05, 0.1) is 12.0 Å². The third kappa shape index (κ3) is 5.35. The third-order valence-corrected chi connectivity index (χ3v) is 5.67. The molecule has 2 aromatic rings. The number of carbonyl (C=O) groups excluding carboxylic acids is 2. The van der Waals surface area contributed by atoms with Gasteiger partial charge in [-0.3, -0.25) is 0 Å². The van der Waals surface area contributed by atoms with E-state index in [0.717, 1.165) is 12.7 Å². The van der Waals surface area contributed by atoms with Crippen molar-refractivity contribution in [3.8, 4) is 0 Å². The van der Waals surface area contributed by atoms with E-state index in [2.05, 4.69) is 0 Å². The molecule has 7 nitrogen and oxygen atoms in total. The fourth-order valence-corrected chi connectivity index (χ4v) is 4.01. The van der Waals surface area contributed by atoms with Crippen LogP contribution in [0, 0.1) is 6.92 Å². The molecule has 0 aliphatic rings. The van der Waals surface area contributed by atoms with Crippen LogP contribution >= 0.6 is 0 Å². The van der Waals surface area contributed by atoms with Gasteiger partial charge < -0.3 is 9.47 Å². The number of carbonyl (C=O) groups is 2. The molecule has 8 heteroatoms. The van der Waals surface area contributed by atoms with E-state index in [4.69, 9.17) is 9.47 Å². The van der Waals surface area contributed by atoms with Gasteiger partial charge in [-0.25, -0.2) is 18.0 Å². The van der Waals surface area contributed by atoms with Crippen molar-refractivity contribution < 1.29 is 27.5 Å². The second-order valence-corrected chi connectivity index (χ2v) is 9.25. The maximum atomic E-state index is 13.4. The van der Waals surface area contributed by atoms with Crippen LogP contribution in [0.2, 0.25) is 0 Å². The predicted octanol–water partition coefficient (Wildman–Crippen LogP) is 3.84. The molecule has 0 bridgehead atoms. The summed E-state index contributed by atoms with van der Waals surface area (Å²) in [7, 11) is -3.30. The lowest BCUT2D eigenvalue weighted by Gasteiger charge is -2.31. The lowest BCUT2D eigenvalue weighted by atomic mass is 10.1. The van der Waals surface area contributed by atoms with E-state index in [-0.39, 0.29) is 10.5 Å². The van der Waals surface area contributed by atoms with Crippen LogP contribution < -0.4 is 0 Å². The van der Waals surface area contributed by atoms with Crippen molar-refractivity contribution in [2.24, 2.45) is 0 Å². The number of benzene rings is 2. The van der Waals surface area contributed by atoms with Crippen LogP contribution in [0.1, 0.15) is 37.9 Å². The van der Waals surface area contributed by atoms with Crippen molar-refractivity contribution in [1.29, 1.82) is 0 Å². The van der Waals surface area contributed by atoms with E-state index in [1.165, 1.54) is 12.1 Å². The predicted molar refractivity (Wildman–Crippen MR) is 108 cm³/mol. The number of esters is 1. The Morgan fingerprint density at radius 3 is 2.00 bits per heavy atom. The Morgan fingerprint density at radius 1 is 0.966 bits per heavy atom. The average molecular weight is 419 g/mol. The van der Waals surface area contributed by atoms with Crippen LogP contribution in [0.25, 0.3) is 0 Å². The number of rotatable bonds is 5. The highest BCUT2D eigenvalue weighted by atomic mass is 32.2. The minimum absolute atomic E-state index is 0.140. The van der Waals surface area contributed by atoms with Gasteiger partial charge in [-0.2, -0.15) is 4.31 Å². The number of hydrogen-bond acceptors (Lipinski definition) is 6. The average Bonchev–Trinajstić information content (AvgIpc) is 2.64. The van der Waals surface area contributed by atoms with Gasteiger partial charge in [0.2, 0.25) is 0 Å². The van der Waals surface area contributed by atoms with E-state index in [9.17, 15) is 18.0 Å². The number of hydrogen-bond donors (Lipinski definition) is 0. The molecule has 29 heavy (non-hydrogen) atoms. The summed E-state index contributed by atoms with van der Waals surface area (Å²) in [5.41, 5.74) is 0.149. The van der Waals surface area contributed by atoms with Crippen molar-refractivity contribution >= 4 is 22.1 Å². The monoisotopic (exact) mass is 419 g/mol. The summed E-state index contributed by atoms with van der Waals surface area (Å²) >= 11 is 0. The maximum absolute atomic E-state index is 13.4. The first-order valence-electron chi connectivity index (χ1n) is 8.94. The van der Waals surface area contributed by atoms with Gasteiger partial charge >= 0.3 is 12.1 Å². The van der Waals surface area contributed by atoms with Crippen molar-refractivity contribution in [3.05, 3.63) is 65.7 Å². The molecule has 0 fully saturated rings. The molecule has 0 radical (unpaired) electrons. The highest BCUT2D eigenvalue weighted by Gasteiger charge is 2.43. The molecule has 0 aliphatic carbocycles. The van der Waals surface area contributed by atoms with E-state index in [1.54, 1.807) is 63.2 Å². The molecule has 0 spiro atoms. The summed E-state index contributed by atoms with van der Waals surface area (Å²) in [5, 5.41) is 0. The maximum Gasteiger partial charge on any atom is 0.425 e. The van der Waals surface area contributed by atoms with Crippen molar-refractivity contribution in [2.75, 3.05) is 7.11 Å². The second-order valence-electron chi connectivity index (χ2n) is 7.43. The Kier molecular flexibility index (Phi) is 6.69. The largest absolute Gasteiger partial charge is 0.467 e. The summed E-state index contributed by atoms with van der Waals surface area (Å²) in [6, 6.07) is 12.5. The summed E-state index contributed by atoms with van der Waals surface area (Å²) < 4.78 is 37.4. The molecule has 1 atom stereocenters. The number of nitrogens with zero attached hydrogens (tertiary/aromatic N) is 1. The van der Waals surface area contributed by atoms with Gasteiger partial charge in [-0.05, 0) is 45.4 Å². The molecule has 0 aromatic heterocycles. The zero-order valence-electron chi connectivity index (χ0n) is 17.1. The molecule has 2 aromatic carbocycles. The summed E-state index contributed by atoms with van der Waals surface area (Å²) in [6.45, 7) is 6.63. The Bertz CT molecular complexity index is 962. The summed E-state index contributed by atoms with van der Waals surface area (Å²) in [4.78, 5) is 25.5. The lowest BCUT2D eigenvalue weighted by molar-refractivity contribution is -0.145. The quantitative estimate of drug-likeness (QED) is 0.684. The van der Waals surface area contributed by atoms with Gasteiger partial charge in [-0.15, -0.1) is 0 Å². The standard InChI is InChI=1S/C21H25NO6S/c1-15-11-13-17(14-12-15)29(25,26)22(20(24)28-21(2,3)4)18(19(23)27-5)16-9-7-6-8-10-16/h6-14,18H,1-5H3/t18-/m0/s1. The van der Waals surface area contributed by atoms with Crippen LogP contribution in [-0.4, -0.2) is 37.5 Å². The molecular formula is C21H25NO6S. The fraction of sp³-hybridized carbons (Fsp3) is 0.333. The number of amides is 1. The number of aryl methyl sites for hydroxylation is 1. The highest BCUT2D eigenvalue weighted by Crippen LogP contribution is 2.31. The Labute approximate surface area is 171 Å². The number of ether oxygens (including phenoxy) is 2. The molecule has 0 saturated carbocycles. The topological polar surface area (TPSA) is 90.0 Å². The molecular weight excluding hydrogens is 394 g/mol. The minimum Gasteiger partial charge on any atom is -0.467 e. The fourth-order valence-electron chi connectivity index (χ4n) is 2.59.